The van der Waals surface area contributed by atoms with Crippen molar-refractivity contribution in [2.45, 2.75) is 12.7 Å². The van der Waals surface area contributed by atoms with E-state index in [-0.39, 0.29) is 0 Å². The first-order valence-corrected chi connectivity index (χ1v) is 5.00. The monoisotopic (exact) mass is 237 g/mol. The first-order valence-electron chi connectivity index (χ1n) is 4.47. The Morgan fingerprint density at radius 2 is 2.00 bits per heavy atom. The Labute approximate surface area is 91.2 Å². The van der Waals surface area contributed by atoms with Crippen LogP contribution in [0, 0.1) is 0 Å². The van der Waals surface area contributed by atoms with Gasteiger partial charge in [0.15, 0.2) is 0 Å². The standard InChI is InChI=1S/C10H11ClF3N/c11-4-5-15-7-8-2-1-3-9(6-8)10(12,13)14/h1-3,6,15H,4-5,7H2. The van der Waals surface area contributed by atoms with Crippen LogP contribution in [-0.4, -0.2) is 12.4 Å². The summed E-state index contributed by atoms with van der Waals surface area (Å²) >= 11 is 5.43. The summed E-state index contributed by atoms with van der Waals surface area (Å²) in [6, 6.07) is 5.25. The normalized spacial score (nSPS) is 11.7. The first-order chi connectivity index (χ1) is 7.04. The Balaban J connectivity index is 2.66. The van der Waals surface area contributed by atoms with E-state index in [9.17, 15) is 13.2 Å². The molecule has 0 aliphatic heterocycles. The molecule has 0 unspecified atom stereocenters. The second-order valence-corrected chi connectivity index (χ2v) is 3.44. The smallest absolute Gasteiger partial charge is 0.311 e. The topological polar surface area (TPSA) is 12.0 Å². The molecule has 1 aromatic rings. The molecule has 0 fully saturated rings. The molecule has 0 atom stereocenters. The maximum atomic E-state index is 12.3. The van der Waals surface area contributed by atoms with Gasteiger partial charge in [0.1, 0.15) is 0 Å². The molecule has 15 heavy (non-hydrogen) atoms. The Bertz CT molecular complexity index is 312. The van der Waals surface area contributed by atoms with Gasteiger partial charge in [-0.25, -0.2) is 0 Å². The molecule has 5 heteroatoms. The third-order valence-electron chi connectivity index (χ3n) is 1.85. The lowest BCUT2D eigenvalue weighted by atomic mass is 10.1. The van der Waals surface area contributed by atoms with Gasteiger partial charge in [-0.05, 0) is 11.6 Å². The third-order valence-corrected chi connectivity index (χ3v) is 2.04. The van der Waals surface area contributed by atoms with Crippen LogP contribution in [0.5, 0.6) is 0 Å². The molecule has 0 aliphatic rings. The highest BCUT2D eigenvalue weighted by Gasteiger charge is 2.30. The maximum absolute atomic E-state index is 12.3. The van der Waals surface area contributed by atoms with Crippen LogP contribution in [-0.2, 0) is 12.7 Å². The number of rotatable bonds is 4. The fourth-order valence-electron chi connectivity index (χ4n) is 1.16. The van der Waals surface area contributed by atoms with E-state index in [1.165, 1.54) is 6.07 Å². The lowest BCUT2D eigenvalue weighted by molar-refractivity contribution is -0.137. The van der Waals surface area contributed by atoms with E-state index in [0.29, 0.717) is 24.5 Å². The van der Waals surface area contributed by atoms with Gasteiger partial charge in [0, 0.05) is 19.0 Å². The first kappa shape index (κ1) is 12.3. The summed E-state index contributed by atoms with van der Waals surface area (Å²) in [5, 5.41) is 2.93. The van der Waals surface area contributed by atoms with Gasteiger partial charge in [-0.15, -0.1) is 11.6 Å². The Morgan fingerprint density at radius 1 is 1.27 bits per heavy atom. The second kappa shape index (κ2) is 5.37. The van der Waals surface area contributed by atoms with Gasteiger partial charge in [0.05, 0.1) is 5.56 Å². The van der Waals surface area contributed by atoms with E-state index >= 15 is 0 Å². The summed E-state index contributed by atoms with van der Waals surface area (Å²) in [7, 11) is 0. The lowest BCUT2D eigenvalue weighted by Crippen LogP contribution is -2.16. The zero-order valence-electron chi connectivity index (χ0n) is 7.94. The number of hydrogen-bond acceptors (Lipinski definition) is 1. The van der Waals surface area contributed by atoms with Crippen molar-refractivity contribution >= 4 is 11.6 Å². The molecule has 0 spiro atoms. The summed E-state index contributed by atoms with van der Waals surface area (Å²) in [5.41, 5.74) is -0.0115. The largest absolute Gasteiger partial charge is 0.416 e. The number of alkyl halides is 4. The molecule has 0 saturated heterocycles. The van der Waals surface area contributed by atoms with Crippen molar-refractivity contribution in [3.8, 4) is 0 Å². The van der Waals surface area contributed by atoms with Crippen LogP contribution in [0.4, 0.5) is 13.2 Å². The van der Waals surface area contributed by atoms with Crippen molar-refractivity contribution in [1.29, 1.82) is 0 Å². The summed E-state index contributed by atoms with van der Waals surface area (Å²) in [5.74, 6) is 0.443. The lowest BCUT2D eigenvalue weighted by Gasteiger charge is -2.08. The van der Waals surface area contributed by atoms with Crippen LogP contribution in [0.1, 0.15) is 11.1 Å². The quantitative estimate of drug-likeness (QED) is 0.627. The summed E-state index contributed by atoms with van der Waals surface area (Å²) < 4.78 is 36.9. The van der Waals surface area contributed by atoms with Crippen molar-refractivity contribution in [2.24, 2.45) is 0 Å². The van der Waals surface area contributed by atoms with Crippen LogP contribution in [0.2, 0.25) is 0 Å². The van der Waals surface area contributed by atoms with Gasteiger partial charge in [-0.2, -0.15) is 13.2 Å². The molecule has 1 N–H and O–H groups in total. The summed E-state index contributed by atoms with van der Waals surface area (Å²) in [6.45, 7) is 0.981. The van der Waals surface area contributed by atoms with Crippen LogP contribution in [0.3, 0.4) is 0 Å². The molecular formula is C10H11ClF3N. The average Bonchev–Trinajstić information content (AvgIpc) is 2.17. The fraction of sp³-hybridized carbons (Fsp3) is 0.400. The number of halogens is 4. The van der Waals surface area contributed by atoms with Crippen molar-refractivity contribution in [2.75, 3.05) is 12.4 Å². The van der Waals surface area contributed by atoms with Gasteiger partial charge in [-0.3, -0.25) is 0 Å². The van der Waals surface area contributed by atoms with Crippen molar-refractivity contribution in [3.63, 3.8) is 0 Å². The van der Waals surface area contributed by atoms with E-state index in [1.807, 2.05) is 0 Å². The van der Waals surface area contributed by atoms with E-state index in [1.54, 1.807) is 6.07 Å². The number of nitrogens with one attached hydrogen (secondary N) is 1. The Kier molecular flexibility index (Phi) is 4.42. The Morgan fingerprint density at radius 3 is 2.60 bits per heavy atom. The van der Waals surface area contributed by atoms with Gasteiger partial charge in [-0.1, -0.05) is 18.2 Å². The van der Waals surface area contributed by atoms with Crippen LogP contribution >= 0.6 is 11.6 Å². The van der Waals surface area contributed by atoms with Crippen LogP contribution < -0.4 is 5.32 Å². The molecule has 1 aromatic carbocycles. The Hall–Kier alpha value is -0.740. The predicted molar refractivity (Wildman–Crippen MR) is 53.9 cm³/mol. The zero-order chi connectivity index (χ0) is 11.3. The molecular weight excluding hydrogens is 227 g/mol. The minimum Gasteiger partial charge on any atom is -0.311 e. The average molecular weight is 238 g/mol. The van der Waals surface area contributed by atoms with E-state index in [0.717, 1.165) is 12.1 Å². The fourth-order valence-corrected chi connectivity index (χ4v) is 1.29. The number of hydrogen-bond donors (Lipinski definition) is 1. The molecule has 0 aromatic heterocycles. The molecule has 0 heterocycles. The molecule has 0 radical (unpaired) electrons. The highest BCUT2D eigenvalue weighted by atomic mass is 35.5. The molecule has 1 rings (SSSR count). The van der Waals surface area contributed by atoms with Crippen molar-refractivity contribution in [1.82, 2.24) is 5.32 Å². The summed E-state index contributed by atoms with van der Waals surface area (Å²) in [6.07, 6.45) is -4.28. The predicted octanol–water partition coefficient (Wildman–Crippen LogP) is 3.03. The van der Waals surface area contributed by atoms with Crippen LogP contribution in [0.25, 0.3) is 0 Å². The molecule has 84 valence electrons. The molecule has 0 bridgehead atoms. The molecule has 0 aliphatic carbocycles. The zero-order valence-corrected chi connectivity index (χ0v) is 8.70. The van der Waals surface area contributed by atoms with Crippen molar-refractivity contribution in [3.05, 3.63) is 35.4 Å². The minimum absolute atomic E-state index is 0.399. The third kappa shape index (κ3) is 4.10. The van der Waals surface area contributed by atoms with E-state index in [4.69, 9.17) is 11.6 Å². The van der Waals surface area contributed by atoms with E-state index in [2.05, 4.69) is 5.32 Å². The molecule has 0 saturated carbocycles. The minimum atomic E-state index is -4.28. The highest BCUT2D eigenvalue weighted by molar-refractivity contribution is 6.18. The number of benzene rings is 1. The molecule has 0 amide bonds. The highest BCUT2D eigenvalue weighted by Crippen LogP contribution is 2.29. The summed E-state index contributed by atoms with van der Waals surface area (Å²) in [4.78, 5) is 0. The van der Waals surface area contributed by atoms with Crippen LogP contribution in [0.15, 0.2) is 24.3 Å². The van der Waals surface area contributed by atoms with Gasteiger partial charge in [0.25, 0.3) is 0 Å². The van der Waals surface area contributed by atoms with E-state index < -0.39 is 11.7 Å². The second-order valence-electron chi connectivity index (χ2n) is 3.06. The van der Waals surface area contributed by atoms with Crippen molar-refractivity contribution < 1.29 is 13.2 Å². The maximum Gasteiger partial charge on any atom is 0.416 e. The van der Waals surface area contributed by atoms with Gasteiger partial charge >= 0.3 is 6.18 Å². The molecule has 1 nitrogen and oxygen atoms in total. The van der Waals surface area contributed by atoms with Gasteiger partial charge < -0.3 is 5.32 Å². The van der Waals surface area contributed by atoms with Gasteiger partial charge in [0.2, 0.25) is 0 Å². The SMILES string of the molecule is FC(F)(F)c1cccc(CNCCCl)c1.